The number of benzene rings is 1. The predicted molar refractivity (Wildman–Crippen MR) is 71.2 cm³/mol. The van der Waals surface area contributed by atoms with E-state index in [1.807, 2.05) is 19.1 Å². The molecule has 1 heterocycles. The fourth-order valence-electron chi connectivity index (χ4n) is 2.33. The molecule has 1 atom stereocenters. The van der Waals surface area contributed by atoms with Crippen LogP contribution in [0.3, 0.4) is 0 Å². The average molecular weight is 252 g/mol. The predicted octanol–water partition coefficient (Wildman–Crippen LogP) is 2.46. The van der Waals surface area contributed by atoms with E-state index >= 15 is 0 Å². The van der Waals surface area contributed by atoms with Crippen molar-refractivity contribution in [2.45, 2.75) is 32.4 Å². The summed E-state index contributed by atoms with van der Waals surface area (Å²) < 4.78 is 19.7. The van der Waals surface area contributed by atoms with Crippen molar-refractivity contribution in [3.8, 4) is 0 Å². The summed E-state index contributed by atoms with van der Waals surface area (Å²) >= 11 is 0. The van der Waals surface area contributed by atoms with Crippen molar-refractivity contribution < 1.29 is 9.13 Å². The fourth-order valence-corrected chi connectivity index (χ4v) is 2.33. The van der Waals surface area contributed by atoms with Crippen LogP contribution in [0.4, 0.5) is 10.1 Å². The molecule has 18 heavy (non-hydrogen) atoms. The highest BCUT2D eigenvalue weighted by molar-refractivity contribution is 5.52. The summed E-state index contributed by atoms with van der Waals surface area (Å²) in [5.74, 6) is -0.209. The Bertz CT molecular complexity index is 432. The number of rotatable bonds is 2. The Morgan fingerprint density at radius 2 is 2.17 bits per heavy atom. The molecule has 0 radical (unpaired) electrons. The van der Waals surface area contributed by atoms with Crippen molar-refractivity contribution in [1.82, 2.24) is 0 Å². The molecule has 2 N–H and O–H groups in total. The van der Waals surface area contributed by atoms with Gasteiger partial charge in [0, 0.05) is 12.6 Å². The van der Waals surface area contributed by atoms with Crippen LogP contribution >= 0.6 is 0 Å². The lowest BCUT2D eigenvalue weighted by Gasteiger charge is -2.44. The van der Waals surface area contributed by atoms with Gasteiger partial charge >= 0.3 is 0 Å². The highest BCUT2D eigenvalue weighted by atomic mass is 19.1. The molecule has 0 aromatic heterocycles. The van der Waals surface area contributed by atoms with E-state index in [1.54, 1.807) is 0 Å². The Balaban J connectivity index is 2.33. The number of nitrogens with two attached hydrogens (primary N) is 1. The van der Waals surface area contributed by atoms with Crippen molar-refractivity contribution in [2.24, 2.45) is 5.73 Å². The van der Waals surface area contributed by atoms with E-state index in [4.69, 9.17) is 10.5 Å². The topological polar surface area (TPSA) is 38.5 Å². The van der Waals surface area contributed by atoms with Crippen LogP contribution in [0, 0.1) is 5.82 Å². The second-order valence-electron chi connectivity index (χ2n) is 5.52. The maximum Gasteiger partial charge on any atom is 0.146 e. The summed E-state index contributed by atoms with van der Waals surface area (Å²) in [7, 11) is 0. The van der Waals surface area contributed by atoms with E-state index < -0.39 is 0 Å². The quantitative estimate of drug-likeness (QED) is 0.878. The highest BCUT2D eigenvalue weighted by Gasteiger charge is 2.32. The minimum absolute atomic E-state index is 0.147. The molecule has 0 saturated carbocycles. The van der Waals surface area contributed by atoms with Gasteiger partial charge in [-0.2, -0.15) is 0 Å². The third-order valence-corrected chi connectivity index (χ3v) is 3.43. The van der Waals surface area contributed by atoms with Gasteiger partial charge in [0.2, 0.25) is 0 Å². The molecule has 0 amide bonds. The molecule has 0 spiro atoms. The second kappa shape index (κ2) is 4.86. The summed E-state index contributed by atoms with van der Waals surface area (Å²) in [5, 5.41) is 0. The molecule has 4 heteroatoms. The number of nitrogens with zero attached hydrogens (tertiary/aromatic N) is 1. The van der Waals surface area contributed by atoms with E-state index in [1.165, 1.54) is 6.07 Å². The van der Waals surface area contributed by atoms with Gasteiger partial charge in [-0.1, -0.05) is 6.07 Å². The number of halogens is 1. The molecular weight excluding hydrogens is 231 g/mol. The summed E-state index contributed by atoms with van der Waals surface area (Å²) in [6.07, 6.45) is 0. The van der Waals surface area contributed by atoms with Crippen molar-refractivity contribution in [3.63, 3.8) is 0 Å². The first-order valence-corrected chi connectivity index (χ1v) is 6.32. The molecule has 1 saturated heterocycles. The van der Waals surface area contributed by atoms with E-state index in [-0.39, 0.29) is 17.4 Å². The van der Waals surface area contributed by atoms with Gasteiger partial charge in [-0.25, -0.2) is 4.39 Å². The first kappa shape index (κ1) is 13.3. The molecule has 0 unspecified atom stereocenters. The van der Waals surface area contributed by atoms with Gasteiger partial charge in [-0.05, 0) is 38.5 Å². The zero-order valence-corrected chi connectivity index (χ0v) is 11.2. The van der Waals surface area contributed by atoms with Crippen LogP contribution in [0.2, 0.25) is 0 Å². The van der Waals surface area contributed by atoms with Crippen molar-refractivity contribution in [2.75, 3.05) is 24.7 Å². The molecule has 1 aliphatic heterocycles. The summed E-state index contributed by atoms with van der Waals surface area (Å²) in [6.45, 7) is 7.93. The van der Waals surface area contributed by atoms with Gasteiger partial charge in [0.15, 0.2) is 0 Å². The fraction of sp³-hybridized carbons (Fsp3) is 0.571. The zero-order valence-electron chi connectivity index (χ0n) is 11.2. The molecule has 100 valence electrons. The summed E-state index contributed by atoms with van der Waals surface area (Å²) in [4.78, 5) is 2.07. The number of morpholine rings is 1. The van der Waals surface area contributed by atoms with E-state index in [2.05, 4.69) is 18.7 Å². The molecule has 1 aliphatic rings. The van der Waals surface area contributed by atoms with Gasteiger partial charge in [0.25, 0.3) is 0 Å². The molecule has 3 nitrogen and oxygen atoms in total. The van der Waals surface area contributed by atoms with Crippen molar-refractivity contribution in [3.05, 3.63) is 29.6 Å². The molecule has 0 aliphatic carbocycles. The molecule has 1 fully saturated rings. The van der Waals surface area contributed by atoms with Crippen molar-refractivity contribution in [1.29, 1.82) is 0 Å². The lowest BCUT2D eigenvalue weighted by Crippen LogP contribution is -2.53. The first-order chi connectivity index (χ1) is 8.42. The largest absolute Gasteiger partial charge is 0.377 e. The Labute approximate surface area is 108 Å². The molecule has 2 rings (SSSR count). The highest BCUT2D eigenvalue weighted by Crippen LogP contribution is 2.30. The Hall–Kier alpha value is -1.13. The molecule has 1 aromatic rings. The average Bonchev–Trinajstić information content (AvgIpc) is 2.29. The van der Waals surface area contributed by atoms with Crippen LogP contribution in [-0.2, 0) is 4.74 Å². The van der Waals surface area contributed by atoms with E-state index in [9.17, 15) is 4.39 Å². The van der Waals surface area contributed by atoms with Crippen molar-refractivity contribution >= 4 is 5.69 Å². The Morgan fingerprint density at radius 1 is 1.44 bits per heavy atom. The van der Waals surface area contributed by atoms with Crippen LogP contribution < -0.4 is 10.6 Å². The lowest BCUT2D eigenvalue weighted by atomic mass is 10.00. The monoisotopic (exact) mass is 252 g/mol. The molecule has 0 bridgehead atoms. The number of ether oxygens (including phenoxy) is 1. The Kier molecular flexibility index (Phi) is 3.59. The van der Waals surface area contributed by atoms with Gasteiger partial charge in [-0.15, -0.1) is 0 Å². The van der Waals surface area contributed by atoms with Gasteiger partial charge < -0.3 is 15.4 Å². The second-order valence-corrected chi connectivity index (χ2v) is 5.52. The molecular formula is C14H21FN2O. The standard InChI is InChI=1S/C14H21FN2O/c1-10(16)11-4-5-13(12(15)8-11)17-6-7-18-9-14(17,2)3/h4-5,8,10H,6-7,9,16H2,1-3H3/t10-/m1/s1. The maximum absolute atomic E-state index is 14.2. The third-order valence-electron chi connectivity index (χ3n) is 3.43. The van der Waals surface area contributed by atoms with Gasteiger partial charge in [0.1, 0.15) is 5.82 Å². The normalized spacial score (nSPS) is 20.8. The Morgan fingerprint density at radius 3 is 2.72 bits per heavy atom. The minimum atomic E-state index is -0.209. The zero-order chi connectivity index (χ0) is 13.3. The summed E-state index contributed by atoms with van der Waals surface area (Å²) in [5.41, 5.74) is 7.03. The van der Waals surface area contributed by atoms with Crippen LogP contribution in [0.25, 0.3) is 0 Å². The number of anilines is 1. The lowest BCUT2D eigenvalue weighted by molar-refractivity contribution is 0.0640. The number of hydrogen-bond donors (Lipinski definition) is 1. The SMILES string of the molecule is C[C@@H](N)c1ccc(N2CCOCC2(C)C)c(F)c1. The first-order valence-electron chi connectivity index (χ1n) is 6.32. The summed E-state index contributed by atoms with van der Waals surface area (Å²) in [6, 6.07) is 5.10. The molecule has 1 aromatic carbocycles. The number of hydrogen-bond acceptors (Lipinski definition) is 3. The smallest absolute Gasteiger partial charge is 0.146 e. The van der Waals surface area contributed by atoms with Gasteiger partial charge in [0.05, 0.1) is 24.4 Å². The van der Waals surface area contributed by atoms with Crippen LogP contribution in [0.1, 0.15) is 32.4 Å². The van der Waals surface area contributed by atoms with Crippen LogP contribution in [0.5, 0.6) is 0 Å². The minimum Gasteiger partial charge on any atom is -0.377 e. The van der Waals surface area contributed by atoms with E-state index in [0.717, 1.165) is 5.56 Å². The van der Waals surface area contributed by atoms with E-state index in [0.29, 0.717) is 25.4 Å². The van der Waals surface area contributed by atoms with Gasteiger partial charge in [-0.3, -0.25) is 0 Å². The third kappa shape index (κ3) is 2.49. The van der Waals surface area contributed by atoms with Crippen LogP contribution in [-0.4, -0.2) is 25.3 Å². The van der Waals surface area contributed by atoms with Crippen LogP contribution in [0.15, 0.2) is 18.2 Å². The maximum atomic E-state index is 14.2.